The Hall–Kier alpha value is -4.09. The van der Waals surface area contributed by atoms with Crippen LogP contribution in [0.25, 0.3) is 22.6 Å². The first-order chi connectivity index (χ1) is 17.1. The zero-order valence-corrected chi connectivity index (χ0v) is 19.6. The average Bonchev–Trinajstić information content (AvgIpc) is 3.31. The zero-order chi connectivity index (χ0) is 24.2. The van der Waals surface area contributed by atoms with E-state index in [-0.39, 0.29) is 23.1 Å². The predicted molar refractivity (Wildman–Crippen MR) is 138 cm³/mol. The number of aromatic hydroxyl groups is 1. The molecule has 1 atom stereocenters. The molecule has 6 heteroatoms. The van der Waals surface area contributed by atoms with Gasteiger partial charge in [0.1, 0.15) is 11.3 Å². The molecule has 1 amide bonds. The van der Waals surface area contributed by atoms with Crippen LogP contribution in [0.2, 0.25) is 5.02 Å². The van der Waals surface area contributed by atoms with Crippen LogP contribution in [-0.2, 0) is 0 Å². The number of carbonyl (C=O) groups excluding carboxylic acids is 1. The molecule has 174 valence electrons. The van der Waals surface area contributed by atoms with Crippen LogP contribution in [0.3, 0.4) is 0 Å². The van der Waals surface area contributed by atoms with Crippen molar-refractivity contribution in [3.63, 3.8) is 0 Å². The third kappa shape index (κ3) is 5.05. The first kappa shape index (κ1) is 22.7. The van der Waals surface area contributed by atoms with Gasteiger partial charge >= 0.3 is 0 Å². The van der Waals surface area contributed by atoms with E-state index in [1.165, 1.54) is 6.07 Å². The number of phenols is 1. The predicted octanol–water partition coefficient (Wildman–Crippen LogP) is 6.81. The molecule has 5 rings (SSSR count). The van der Waals surface area contributed by atoms with Gasteiger partial charge in [-0.2, -0.15) is 0 Å². The molecule has 0 aliphatic heterocycles. The van der Waals surface area contributed by atoms with Crippen molar-refractivity contribution in [2.24, 2.45) is 0 Å². The fraction of sp³-hybridized carbons (Fsp3) is 0.103. The maximum atomic E-state index is 12.6. The first-order valence-corrected chi connectivity index (χ1v) is 11.7. The molecule has 0 saturated heterocycles. The summed E-state index contributed by atoms with van der Waals surface area (Å²) in [7, 11) is 0. The van der Waals surface area contributed by atoms with Crippen LogP contribution in [0.15, 0.2) is 101 Å². The number of aromatic nitrogens is 1. The van der Waals surface area contributed by atoms with E-state index < -0.39 is 0 Å². The highest BCUT2D eigenvalue weighted by Gasteiger charge is 2.18. The van der Waals surface area contributed by atoms with Gasteiger partial charge in [0.05, 0.1) is 5.56 Å². The maximum absolute atomic E-state index is 12.6. The lowest BCUT2D eigenvalue weighted by Gasteiger charge is -2.18. The largest absolute Gasteiger partial charge is 0.507 e. The second-order valence-electron chi connectivity index (χ2n) is 8.28. The highest BCUT2D eigenvalue weighted by molar-refractivity contribution is 6.30. The number of nitrogens with one attached hydrogen (secondary N) is 1. The van der Waals surface area contributed by atoms with Gasteiger partial charge in [0.15, 0.2) is 5.58 Å². The molecule has 0 spiro atoms. The zero-order valence-electron chi connectivity index (χ0n) is 18.8. The molecule has 35 heavy (non-hydrogen) atoms. The first-order valence-electron chi connectivity index (χ1n) is 11.4. The summed E-state index contributed by atoms with van der Waals surface area (Å²) in [6.45, 7) is 0.444. The number of fused-ring (bicyclic) bond motifs is 1. The van der Waals surface area contributed by atoms with E-state index in [0.717, 1.165) is 22.2 Å². The van der Waals surface area contributed by atoms with Crippen molar-refractivity contribution in [3.05, 3.63) is 119 Å². The minimum absolute atomic E-state index is 0.0300. The molecular weight excluding hydrogens is 460 g/mol. The Bertz CT molecular complexity index is 1460. The van der Waals surface area contributed by atoms with E-state index in [2.05, 4.69) is 17.4 Å². The standard InChI is InChI=1S/C29H23ClN2O3/c30-22-13-10-20(11-14-22)29-32-25-18-21(12-15-27(25)35-29)23(19-6-2-1-3-7-19)16-17-31-28(34)24-8-4-5-9-26(24)33/h1-15,18,23,33H,16-17H2,(H,31,34). The third-order valence-electron chi connectivity index (χ3n) is 5.97. The van der Waals surface area contributed by atoms with Crippen molar-refractivity contribution in [2.75, 3.05) is 6.54 Å². The number of benzene rings is 4. The summed E-state index contributed by atoms with van der Waals surface area (Å²) in [6.07, 6.45) is 0.677. The average molecular weight is 483 g/mol. The van der Waals surface area contributed by atoms with Gasteiger partial charge in [0.2, 0.25) is 5.89 Å². The van der Waals surface area contributed by atoms with Crippen molar-refractivity contribution in [1.29, 1.82) is 0 Å². The molecule has 4 aromatic carbocycles. The Morgan fingerprint density at radius 2 is 1.66 bits per heavy atom. The molecule has 0 saturated carbocycles. The Morgan fingerprint density at radius 1 is 0.914 bits per heavy atom. The minimum atomic E-state index is -0.297. The fourth-order valence-corrected chi connectivity index (χ4v) is 4.31. The Kier molecular flexibility index (Phi) is 6.51. The summed E-state index contributed by atoms with van der Waals surface area (Å²) in [5.74, 6) is 0.257. The number of phenolic OH excluding ortho intramolecular Hbond substituents is 1. The van der Waals surface area contributed by atoms with Crippen molar-refractivity contribution in [1.82, 2.24) is 10.3 Å². The van der Waals surface area contributed by atoms with Crippen molar-refractivity contribution >= 4 is 28.6 Å². The summed E-state index contributed by atoms with van der Waals surface area (Å²) in [4.78, 5) is 17.3. The number of halogens is 1. The van der Waals surface area contributed by atoms with Gasteiger partial charge < -0.3 is 14.8 Å². The van der Waals surface area contributed by atoms with Gasteiger partial charge in [-0.15, -0.1) is 0 Å². The van der Waals surface area contributed by atoms with Gasteiger partial charge in [-0.05, 0) is 66.1 Å². The lowest BCUT2D eigenvalue weighted by Crippen LogP contribution is -2.26. The van der Waals surface area contributed by atoms with Gasteiger partial charge in [0.25, 0.3) is 5.91 Å². The number of nitrogens with zero attached hydrogens (tertiary/aromatic N) is 1. The molecule has 2 N–H and O–H groups in total. The van der Waals surface area contributed by atoms with E-state index in [0.29, 0.717) is 29.5 Å². The normalized spacial score (nSPS) is 11.9. The van der Waals surface area contributed by atoms with Crippen LogP contribution in [0.4, 0.5) is 0 Å². The SMILES string of the molecule is O=C(NCCC(c1ccccc1)c1ccc2oc(-c3ccc(Cl)cc3)nc2c1)c1ccccc1O. The number of amides is 1. The number of para-hydroxylation sites is 1. The summed E-state index contributed by atoms with van der Waals surface area (Å²) >= 11 is 6.01. The van der Waals surface area contributed by atoms with E-state index >= 15 is 0 Å². The molecular formula is C29H23ClN2O3. The second-order valence-corrected chi connectivity index (χ2v) is 8.71. The van der Waals surface area contributed by atoms with Crippen molar-refractivity contribution < 1.29 is 14.3 Å². The lowest BCUT2D eigenvalue weighted by atomic mass is 9.88. The van der Waals surface area contributed by atoms with E-state index in [4.69, 9.17) is 21.0 Å². The number of hydrogen-bond acceptors (Lipinski definition) is 4. The summed E-state index contributed by atoms with van der Waals surface area (Å²) in [5.41, 5.74) is 4.83. The molecule has 1 aromatic heterocycles. The van der Waals surface area contributed by atoms with E-state index in [1.54, 1.807) is 18.2 Å². The van der Waals surface area contributed by atoms with Crippen LogP contribution in [0.1, 0.15) is 33.8 Å². The number of hydrogen-bond donors (Lipinski definition) is 2. The summed E-state index contributed by atoms with van der Waals surface area (Å²) in [5, 5.41) is 13.6. The van der Waals surface area contributed by atoms with Crippen molar-refractivity contribution in [2.45, 2.75) is 12.3 Å². The highest BCUT2D eigenvalue weighted by Crippen LogP contribution is 2.32. The quantitative estimate of drug-likeness (QED) is 0.267. The van der Waals surface area contributed by atoms with Crippen LogP contribution in [-0.4, -0.2) is 22.5 Å². The number of rotatable bonds is 7. The smallest absolute Gasteiger partial charge is 0.255 e. The van der Waals surface area contributed by atoms with E-state index in [1.807, 2.05) is 60.7 Å². The van der Waals surface area contributed by atoms with Gasteiger partial charge in [-0.25, -0.2) is 4.98 Å². The second kappa shape index (κ2) is 10.0. The molecule has 0 bridgehead atoms. The molecule has 1 heterocycles. The molecule has 0 aliphatic rings. The van der Waals surface area contributed by atoms with Crippen LogP contribution in [0, 0.1) is 0 Å². The van der Waals surface area contributed by atoms with Crippen molar-refractivity contribution in [3.8, 4) is 17.2 Å². The van der Waals surface area contributed by atoms with Gasteiger partial charge in [0, 0.05) is 23.0 Å². The molecule has 0 fully saturated rings. The van der Waals surface area contributed by atoms with Crippen LogP contribution in [0.5, 0.6) is 5.75 Å². The maximum Gasteiger partial charge on any atom is 0.255 e. The summed E-state index contributed by atoms with van der Waals surface area (Å²) < 4.78 is 5.97. The summed E-state index contributed by atoms with van der Waals surface area (Å²) in [6, 6.07) is 30.1. The van der Waals surface area contributed by atoms with Crippen LogP contribution < -0.4 is 5.32 Å². The van der Waals surface area contributed by atoms with Gasteiger partial charge in [-0.3, -0.25) is 4.79 Å². The third-order valence-corrected chi connectivity index (χ3v) is 6.23. The minimum Gasteiger partial charge on any atom is -0.507 e. The van der Waals surface area contributed by atoms with Gasteiger partial charge in [-0.1, -0.05) is 60.1 Å². The molecule has 5 aromatic rings. The molecule has 5 nitrogen and oxygen atoms in total. The topological polar surface area (TPSA) is 75.4 Å². The fourth-order valence-electron chi connectivity index (χ4n) is 4.18. The molecule has 0 aliphatic carbocycles. The molecule has 0 radical (unpaired) electrons. The number of oxazole rings is 1. The lowest BCUT2D eigenvalue weighted by molar-refractivity contribution is 0.0950. The Labute approximate surface area is 208 Å². The number of carbonyl (C=O) groups is 1. The Morgan fingerprint density at radius 3 is 2.43 bits per heavy atom. The highest BCUT2D eigenvalue weighted by atomic mass is 35.5. The monoisotopic (exact) mass is 482 g/mol. The Balaban J connectivity index is 1.39. The molecule has 1 unspecified atom stereocenters. The van der Waals surface area contributed by atoms with Crippen LogP contribution >= 0.6 is 11.6 Å². The van der Waals surface area contributed by atoms with E-state index in [9.17, 15) is 9.90 Å².